The Morgan fingerprint density at radius 2 is 2.06 bits per heavy atom. The second-order valence-electron chi connectivity index (χ2n) is 9.04. The number of fused-ring (bicyclic) bond motifs is 2. The summed E-state index contributed by atoms with van der Waals surface area (Å²) >= 11 is 1.54. The quantitative estimate of drug-likeness (QED) is 0.474. The minimum Gasteiger partial charge on any atom is -0.480 e. The topological polar surface area (TPSA) is 115 Å². The Labute approximate surface area is 203 Å². The van der Waals surface area contributed by atoms with Crippen molar-refractivity contribution in [1.29, 1.82) is 0 Å². The van der Waals surface area contributed by atoms with Crippen LogP contribution in [0.2, 0.25) is 0 Å². The molecule has 2 aliphatic rings. The maximum Gasteiger partial charge on any atom is 0.235 e. The smallest absolute Gasteiger partial charge is 0.235 e. The monoisotopic (exact) mass is 478 g/mol. The minimum absolute atomic E-state index is 0.0134. The third kappa shape index (κ3) is 5.16. The van der Waals surface area contributed by atoms with E-state index >= 15 is 0 Å². The fraction of sp³-hybridized carbons (Fsp3) is 0.440. The SMILES string of the molecule is COc1cnc2cccc(CC(N)[C@H]3CC[C@H](NCc4ccc5c(n4)NC(=O)CS5)CC3)c2n1. The molecule has 1 unspecified atom stereocenters. The van der Waals surface area contributed by atoms with Crippen molar-refractivity contribution in [3.63, 3.8) is 0 Å². The molecule has 0 radical (unpaired) electrons. The summed E-state index contributed by atoms with van der Waals surface area (Å²) in [6, 6.07) is 10.7. The molecule has 3 heterocycles. The van der Waals surface area contributed by atoms with E-state index in [-0.39, 0.29) is 11.9 Å². The van der Waals surface area contributed by atoms with Gasteiger partial charge in [0.05, 0.1) is 40.7 Å². The number of nitrogens with one attached hydrogen (secondary N) is 2. The van der Waals surface area contributed by atoms with Gasteiger partial charge in [-0.05, 0) is 61.8 Å². The van der Waals surface area contributed by atoms with Crippen molar-refractivity contribution in [2.45, 2.75) is 55.6 Å². The van der Waals surface area contributed by atoms with Crippen LogP contribution in [0.25, 0.3) is 11.0 Å². The molecule has 9 heteroatoms. The van der Waals surface area contributed by atoms with Crippen LogP contribution in [0.15, 0.2) is 41.4 Å². The number of carbonyl (C=O) groups is 1. The van der Waals surface area contributed by atoms with E-state index in [0.29, 0.717) is 36.0 Å². The maximum atomic E-state index is 11.6. The molecule has 34 heavy (non-hydrogen) atoms. The van der Waals surface area contributed by atoms with Crippen molar-refractivity contribution in [2.24, 2.45) is 11.7 Å². The summed E-state index contributed by atoms with van der Waals surface area (Å²) in [6.07, 6.45) is 6.82. The second kappa shape index (κ2) is 10.2. The summed E-state index contributed by atoms with van der Waals surface area (Å²) in [5.41, 5.74) is 10.5. The van der Waals surface area contributed by atoms with Crippen molar-refractivity contribution < 1.29 is 9.53 Å². The Hall–Kier alpha value is -2.75. The third-order valence-electron chi connectivity index (χ3n) is 6.78. The van der Waals surface area contributed by atoms with E-state index in [2.05, 4.69) is 31.7 Å². The van der Waals surface area contributed by atoms with Gasteiger partial charge in [0, 0.05) is 18.6 Å². The van der Waals surface area contributed by atoms with E-state index in [1.807, 2.05) is 24.3 Å². The van der Waals surface area contributed by atoms with Gasteiger partial charge in [0.15, 0.2) is 0 Å². The molecule has 1 fully saturated rings. The summed E-state index contributed by atoms with van der Waals surface area (Å²) in [4.78, 5) is 26.3. The summed E-state index contributed by atoms with van der Waals surface area (Å²) < 4.78 is 5.26. The number of para-hydroxylation sites is 1. The minimum atomic E-state index is 0.0134. The van der Waals surface area contributed by atoms with E-state index < -0.39 is 0 Å². The van der Waals surface area contributed by atoms with Crippen LogP contribution in [-0.2, 0) is 17.8 Å². The Morgan fingerprint density at radius 1 is 1.21 bits per heavy atom. The first-order valence-corrected chi connectivity index (χ1v) is 12.8. The fourth-order valence-electron chi connectivity index (χ4n) is 4.86. The number of pyridine rings is 1. The predicted octanol–water partition coefficient (Wildman–Crippen LogP) is 3.30. The van der Waals surface area contributed by atoms with Gasteiger partial charge >= 0.3 is 0 Å². The second-order valence-corrected chi connectivity index (χ2v) is 10.1. The summed E-state index contributed by atoms with van der Waals surface area (Å²) in [5.74, 6) is 2.17. The van der Waals surface area contributed by atoms with Crippen molar-refractivity contribution in [2.75, 3.05) is 18.2 Å². The van der Waals surface area contributed by atoms with E-state index in [1.165, 1.54) is 11.8 Å². The standard InChI is InChI=1S/C25H30N6O2S/c1-33-23-13-28-20-4-2-3-16(24(20)31-23)11-19(26)15-5-7-17(8-6-15)27-12-18-9-10-21-25(29-18)30-22(32)14-34-21/h2-4,9-10,13,15,17,19,27H,5-8,11-12,14,26H2,1H3,(H,29,30,32)/t15-,17-,19?. The number of carbonyl (C=O) groups excluding carboxylic acids is 1. The van der Waals surface area contributed by atoms with E-state index in [0.717, 1.165) is 59.3 Å². The zero-order valence-electron chi connectivity index (χ0n) is 19.3. The lowest BCUT2D eigenvalue weighted by Crippen LogP contribution is -2.39. The normalized spacial score (nSPS) is 21.1. The summed E-state index contributed by atoms with van der Waals surface area (Å²) in [5, 5.41) is 6.51. The Morgan fingerprint density at radius 3 is 2.88 bits per heavy atom. The van der Waals surface area contributed by atoms with Gasteiger partial charge in [0.2, 0.25) is 11.8 Å². The van der Waals surface area contributed by atoms with Gasteiger partial charge in [-0.3, -0.25) is 4.79 Å². The lowest BCUT2D eigenvalue weighted by molar-refractivity contribution is -0.113. The van der Waals surface area contributed by atoms with E-state index in [9.17, 15) is 4.79 Å². The van der Waals surface area contributed by atoms with Crippen molar-refractivity contribution in [3.05, 3.63) is 47.8 Å². The lowest BCUT2D eigenvalue weighted by Gasteiger charge is -2.33. The van der Waals surface area contributed by atoms with Gasteiger partial charge in [-0.1, -0.05) is 12.1 Å². The predicted molar refractivity (Wildman–Crippen MR) is 134 cm³/mol. The summed E-state index contributed by atoms with van der Waals surface area (Å²) in [6.45, 7) is 0.700. The molecule has 0 spiro atoms. The number of hydrogen-bond acceptors (Lipinski definition) is 8. The molecule has 5 rings (SSSR count). The first kappa shape index (κ1) is 23.0. The van der Waals surface area contributed by atoms with Crippen LogP contribution in [0.4, 0.5) is 5.82 Å². The maximum absolute atomic E-state index is 11.6. The number of nitrogens with two attached hydrogens (primary N) is 1. The Kier molecular flexibility index (Phi) is 6.94. The molecular weight excluding hydrogens is 448 g/mol. The highest BCUT2D eigenvalue weighted by Gasteiger charge is 2.26. The molecule has 0 bridgehead atoms. The molecular formula is C25H30N6O2S. The highest BCUT2D eigenvalue weighted by Crippen LogP contribution is 2.31. The highest BCUT2D eigenvalue weighted by molar-refractivity contribution is 8.00. The highest BCUT2D eigenvalue weighted by atomic mass is 32.2. The molecule has 3 aromatic rings. The molecule has 1 aliphatic carbocycles. The zero-order valence-corrected chi connectivity index (χ0v) is 20.1. The number of benzene rings is 1. The van der Waals surface area contributed by atoms with Crippen LogP contribution in [-0.4, -0.2) is 45.8 Å². The first-order valence-electron chi connectivity index (χ1n) is 11.8. The van der Waals surface area contributed by atoms with Gasteiger partial charge in [-0.2, -0.15) is 0 Å². The molecule has 1 aromatic carbocycles. The first-order chi connectivity index (χ1) is 16.6. The van der Waals surface area contributed by atoms with Crippen molar-refractivity contribution in [1.82, 2.24) is 20.3 Å². The number of amides is 1. The molecule has 8 nitrogen and oxygen atoms in total. The van der Waals surface area contributed by atoms with Gasteiger partial charge in [-0.25, -0.2) is 15.0 Å². The largest absolute Gasteiger partial charge is 0.480 e. The number of nitrogens with zero attached hydrogens (tertiary/aromatic N) is 3. The molecule has 178 valence electrons. The third-order valence-corrected chi connectivity index (χ3v) is 7.83. The number of hydrogen-bond donors (Lipinski definition) is 3. The zero-order chi connectivity index (χ0) is 23.5. The molecule has 2 aromatic heterocycles. The average Bonchev–Trinajstić information content (AvgIpc) is 2.87. The molecule has 4 N–H and O–H groups in total. The number of rotatable bonds is 7. The van der Waals surface area contributed by atoms with Crippen LogP contribution >= 0.6 is 11.8 Å². The Balaban J connectivity index is 1.14. The number of thioether (sulfide) groups is 1. The van der Waals surface area contributed by atoms with Crippen LogP contribution in [0, 0.1) is 5.92 Å². The Bertz CT molecular complexity index is 1180. The molecule has 1 aliphatic heterocycles. The van der Waals surface area contributed by atoms with Crippen molar-refractivity contribution in [3.8, 4) is 5.88 Å². The fourth-order valence-corrected chi connectivity index (χ4v) is 5.62. The van der Waals surface area contributed by atoms with Crippen molar-refractivity contribution >= 4 is 34.5 Å². The van der Waals surface area contributed by atoms with Gasteiger partial charge in [0.25, 0.3) is 0 Å². The van der Waals surface area contributed by atoms with Crippen LogP contribution < -0.4 is 21.1 Å². The molecule has 1 saturated carbocycles. The van der Waals surface area contributed by atoms with Crippen LogP contribution in [0.5, 0.6) is 5.88 Å². The molecule has 1 atom stereocenters. The molecule has 1 amide bonds. The average molecular weight is 479 g/mol. The summed E-state index contributed by atoms with van der Waals surface area (Å²) in [7, 11) is 1.61. The van der Waals surface area contributed by atoms with Gasteiger partial charge in [0.1, 0.15) is 5.82 Å². The van der Waals surface area contributed by atoms with Gasteiger partial charge < -0.3 is 21.1 Å². The number of methoxy groups -OCH3 is 1. The number of anilines is 1. The van der Waals surface area contributed by atoms with E-state index in [1.54, 1.807) is 13.3 Å². The van der Waals surface area contributed by atoms with Crippen LogP contribution in [0.1, 0.15) is 36.9 Å². The number of aromatic nitrogens is 3. The van der Waals surface area contributed by atoms with E-state index in [4.69, 9.17) is 10.5 Å². The molecule has 0 saturated heterocycles. The number of ether oxygens (including phenoxy) is 1. The van der Waals surface area contributed by atoms with Crippen LogP contribution in [0.3, 0.4) is 0 Å². The van der Waals surface area contributed by atoms with Gasteiger partial charge in [-0.15, -0.1) is 11.8 Å². The lowest BCUT2D eigenvalue weighted by atomic mass is 9.80.